The van der Waals surface area contributed by atoms with Crippen LogP contribution < -0.4 is 5.73 Å². The SMILES string of the molecule is NC(=O)C1=CC2C(C1)OC1C=CC=CC12. The topological polar surface area (TPSA) is 52.3 Å². The van der Waals surface area contributed by atoms with Crippen molar-refractivity contribution in [2.45, 2.75) is 18.6 Å². The van der Waals surface area contributed by atoms with Gasteiger partial charge in [-0.1, -0.05) is 30.4 Å². The molecular formula is C12H13NO2. The zero-order valence-corrected chi connectivity index (χ0v) is 8.30. The monoisotopic (exact) mass is 203 g/mol. The number of ether oxygens (including phenoxy) is 1. The lowest BCUT2D eigenvalue weighted by Crippen LogP contribution is -2.18. The second kappa shape index (κ2) is 3.07. The predicted octanol–water partition coefficient (Wildman–Crippen LogP) is 0.928. The highest BCUT2D eigenvalue weighted by atomic mass is 16.5. The van der Waals surface area contributed by atoms with E-state index in [4.69, 9.17) is 10.5 Å². The van der Waals surface area contributed by atoms with Crippen LogP contribution >= 0.6 is 0 Å². The third-order valence-electron chi connectivity index (χ3n) is 3.46. The molecular weight excluding hydrogens is 190 g/mol. The van der Waals surface area contributed by atoms with Crippen LogP contribution in [0, 0.1) is 11.8 Å². The van der Waals surface area contributed by atoms with Gasteiger partial charge in [0, 0.05) is 23.8 Å². The number of nitrogens with two attached hydrogens (primary N) is 1. The van der Waals surface area contributed by atoms with Gasteiger partial charge in [-0.25, -0.2) is 0 Å². The Bertz CT molecular complexity index is 394. The Balaban J connectivity index is 1.88. The van der Waals surface area contributed by atoms with Crippen LogP contribution in [0.2, 0.25) is 0 Å². The Kier molecular flexibility index (Phi) is 1.83. The highest BCUT2D eigenvalue weighted by Crippen LogP contribution is 2.43. The minimum atomic E-state index is -0.306. The van der Waals surface area contributed by atoms with Gasteiger partial charge in [0.15, 0.2) is 0 Å². The number of fused-ring (bicyclic) bond motifs is 3. The molecule has 0 aromatic carbocycles. The molecule has 0 spiro atoms. The van der Waals surface area contributed by atoms with Crippen molar-refractivity contribution in [3.05, 3.63) is 36.0 Å². The molecule has 2 N–H and O–H groups in total. The molecule has 0 saturated carbocycles. The lowest BCUT2D eigenvalue weighted by atomic mass is 9.87. The van der Waals surface area contributed by atoms with Crippen LogP contribution in [0.5, 0.6) is 0 Å². The average Bonchev–Trinajstić information content (AvgIpc) is 2.73. The highest BCUT2D eigenvalue weighted by molar-refractivity contribution is 5.92. The van der Waals surface area contributed by atoms with Crippen molar-refractivity contribution in [2.24, 2.45) is 17.6 Å². The summed E-state index contributed by atoms with van der Waals surface area (Å²) in [6.45, 7) is 0. The van der Waals surface area contributed by atoms with E-state index in [9.17, 15) is 4.79 Å². The fourth-order valence-electron chi connectivity index (χ4n) is 2.73. The van der Waals surface area contributed by atoms with Gasteiger partial charge in [-0.05, 0) is 0 Å². The zero-order valence-electron chi connectivity index (χ0n) is 8.30. The predicted molar refractivity (Wildman–Crippen MR) is 55.8 cm³/mol. The summed E-state index contributed by atoms with van der Waals surface area (Å²) in [4.78, 5) is 11.1. The first-order valence-electron chi connectivity index (χ1n) is 5.26. The van der Waals surface area contributed by atoms with Crippen LogP contribution in [0.15, 0.2) is 36.0 Å². The van der Waals surface area contributed by atoms with Crippen molar-refractivity contribution in [3.8, 4) is 0 Å². The number of allylic oxidation sites excluding steroid dienone is 2. The summed E-state index contributed by atoms with van der Waals surface area (Å²) in [6.07, 6.45) is 11.3. The maximum atomic E-state index is 11.1. The molecule has 3 heteroatoms. The van der Waals surface area contributed by atoms with E-state index in [1.54, 1.807) is 0 Å². The number of carbonyl (C=O) groups is 1. The van der Waals surface area contributed by atoms with Gasteiger partial charge in [0.05, 0.1) is 12.2 Å². The molecule has 4 unspecified atom stereocenters. The third-order valence-corrected chi connectivity index (χ3v) is 3.46. The molecule has 3 aliphatic rings. The van der Waals surface area contributed by atoms with E-state index in [1.165, 1.54) is 0 Å². The molecule has 0 aromatic heterocycles. The van der Waals surface area contributed by atoms with Gasteiger partial charge in [0.2, 0.25) is 5.91 Å². The summed E-state index contributed by atoms with van der Waals surface area (Å²) in [6, 6.07) is 0. The lowest BCUT2D eigenvalue weighted by molar-refractivity contribution is -0.114. The third kappa shape index (κ3) is 1.27. The standard InChI is InChI=1S/C12H13NO2/c13-12(14)7-5-9-8-3-1-2-4-10(8)15-11(9)6-7/h1-5,8-11H,6H2,(H2,13,14). The molecule has 0 bridgehead atoms. The molecule has 2 aliphatic carbocycles. The Morgan fingerprint density at radius 1 is 1.33 bits per heavy atom. The fourth-order valence-corrected chi connectivity index (χ4v) is 2.73. The van der Waals surface area contributed by atoms with Crippen molar-refractivity contribution in [3.63, 3.8) is 0 Å². The molecule has 1 aliphatic heterocycles. The number of carbonyl (C=O) groups excluding carboxylic acids is 1. The first-order chi connectivity index (χ1) is 7.25. The Morgan fingerprint density at radius 3 is 2.93 bits per heavy atom. The maximum Gasteiger partial charge on any atom is 0.244 e. The van der Waals surface area contributed by atoms with Gasteiger partial charge in [0.25, 0.3) is 0 Å². The van der Waals surface area contributed by atoms with Gasteiger partial charge in [-0.2, -0.15) is 0 Å². The number of amides is 1. The summed E-state index contributed by atoms with van der Waals surface area (Å²) in [7, 11) is 0. The van der Waals surface area contributed by atoms with Crippen molar-refractivity contribution in [1.29, 1.82) is 0 Å². The van der Waals surface area contributed by atoms with E-state index in [0.29, 0.717) is 18.3 Å². The molecule has 1 fully saturated rings. The molecule has 1 amide bonds. The van der Waals surface area contributed by atoms with Gasteiger partial charge in [0.1, 0.15) is 0 Å². The minimum absolute atomic E-state index is 0.148. The van der Waals surface area contributed by atoms with Crippen LogP contribution in [0.1, 0.15) is 6.42 Å². The van der Waals surface area contributed by atoms with Crippen molar-refractivity contribution in [2.75, 3.05) is 0 Å². The van der Waals surface area contributed by atoms with Gasteiger partial charge >= 0.3 is 0 Å². The van der Waals surface area contributed by atoms with Crippen LogP contribution in [0.25, 0.3) is 0 Å². The largest absolute Gasteiger partial charge is 0.369 e. The van der Waals surface area contributed by atoms with E-state index < -0.39 is 0 Å². The molecule has 78 valence electrons. The second-order valence-electron chi connectivity index (χ2n) is 4.32. The zero-order chi connectivity index (χ0) is 10.4. The molecule has 15 heavy (non-hydrogen) atoms. The van der Waals surface area contributed by atoms with Crippen molar-refractivity contribution >= 4 is 5.91 Å². The highest BCUT2D eigenvalue weighted by Gasteiger charge is 2.45. The molecule has 3 nitrogen and oxygen atoms in total. The smallest absolute Gasteiger partial charge is 0.244 e. The summed E-state index contributed by atoms with van der Waals surface area (Å²) in [5, 5.41) is 0. The van der Waals surface area contributed by atoms with E-state index in [2.05, 4.69) is 12.2 Å². The van der Waals surface area contributed by atoms with E-state index in [1.807, 2.05) is 18.2 Å². The molecule has 0 radical (unpaired) electrons. The molecule has 1 heterocycles. The van der Waals surface area contributed by atoms with Crippen molar-refractivity contribution < 1.29 is 9.53 Å². The average molecular weight is 203 g/mol. The number of rotatable bonds is 1. The minimum Gasteiger partial charge on any atom is -0.369 e. The van der Waals surface area contributed by atoms with E-state index >= 15 is 0 Å². The second-order valence-corrected chi connectivity index (χ2v) is 4.32. The van der Waals surface area contributed by atoms with Crippen LogP contribution in [-0.4, -0.2) is 18.1 Å². The number of hydrogen-bond donors (Lipinski definition) is 1. The van der Waals surface area contributed by atoms with E-state index in [-0.39, 0.29) is 18.1 Å². The summed E-state index contributed by atoms with van der Waals surface area (Å²) in [5.41, 5.74) is 6.00. The molecule has 4 atom stereocenters. The lowest BCUT2D eigenvalue weighted by Gasteiger charge is -2.16. The Hall–Kier alpha value is -1.35. The van der Waals surface area contributed by atoms with E-state index in [0.717, 1.165) is 5.57 Å². The number of hydrogen-bond acceptors (Lipinski definition) is 2. The fraction of sp³-hybridized carbons (Fsp3) is 0.417. The molecule has 0 aromatic rings. The van der Waals surface area contributed by atoms with Gasteiger partial charge < -0.3 is 10.5 Å². The molecule has 3 rings (SSSR count). The first-order valence-corrected chi connectivity index (χ1v) is 5.26. The summed E-state index contributed by atoms with van der Waals surface area (Å²) < 4.78 is 5.87. The molecule has 1 saturated heterocycles. The van der Waals surface area contributed by atoms with Crippen LogP contribution in [0.3, 0.4) is 0 Å². The quantitative estimate of drug-likeness (QED) is 0.689. The number of primary amides is 1. The Morgan fingerprint density at radius 2 is 2.13 bits per heavy atom. The van der Waals surface area contributed by atoms with Gasteiger partial charge in [-0.3, -0.25) is 4.79 Å². The van der Waals surface area contributed by atoms with Gasteiger partial charge in [-0.15, -0.1) is 0 Å². The summed E-state index contributed by atoms with van der Waals surface area (Å²) >= 11 is 0. The van der Waals surface area contributed by atoms with Crippen LogP contribution in [-0.2, 0) is 9.53 Å². The summed E-state index contributed by atoms with van der Waals surface area (Å²) in [5.74, 6) is 0.412. The first kappa shape index (κ1) is 8.92. The normalized spacial score (nSPS) is 41.2. The van der Waals surface area contributed by atoms with Crippen LogP contribution in [0.4, 0.5) is 0 Å². The Labute approximate surface area is 88.3 Å². The maximum absolute atomic E-state index is 11.1. The van der Waals surface area contributed by atoms with Crippen molar-refractivity contribution in [1.82, 2.24) is 0 Å².